The molecule has 1 aromatic carbocycles. The second-order valence-electron chi connectivity index (χ2n) is 6.21. The number of rotatable bonds is 6. The van der Waals surface area contributed by atoms with Crippen LogP contribution in [-0.4, -0.2) is 47.0 Å². The van der Waals surface area contributed by atoms with Crippen molar-refractivity contribution < 1.29 is 4.42 Å². The van der Waals surface area contributed by atoms with Gasteiger partial charge in [-0.3, -0.25) is 4.90 Å². The molecule has 0 bridgehead atoms. The summed E-state index contributed by atoms with van der Waals surface area (Å²) in [4.78, 5) is 9.49. The van der Waals surface area contributed by atoms with Crippen LogP contribution in [0.1, 0.15) is 32.6 Å². The van der Waals surface area contributed by atoms with Gasteiger partial charge in [-0.1, -0.05) is 44.2 Å². The number of aromatic nitrogens is 1. The lowest BCUT2D eigenvalue weighted by molar-refractivity contribution is 0.107. The molecule has 1 saturated heterocycles. The highest BCUT2D eigenvalue weighted by molar-refractivity contribution is 5.55. The van der Waals surface area contributed by atoms with Crippen LogP contribution in [0.15, 0.2) is 40.9 Å². The number of likely N-dealkylation sites (tertiary alicyclic amines) is 1. The summed E-state index contributed by atoms with van der Waals surface area (Å²) in [6.07, 6.45) is 4.33. The summed E-state index contributed by atoms with van der Waals surface area (Å²) >= 11 is 0. The molecule has 2 aromatic rings. The first kappa shape index (κ1) is 16.2. The van der Waals surface area contributed by atoms with Gasteiger partial charge in [-0.2, -0.15) is 0 Å². The fourth-order valence-electron chi connectivity index (χ4n) is 3.49. The van der Waals surface area contributed by atoms with E-state index in [-0.39, 0.29) is 0 Å². The molecule has 2 heterocycles. The summed E-state index contributed by atoms with van der Waals surface area (Å²) < 4.78 is 5.93. The van der Waals surface area contributed by atoms with Gasteiger partial charge in [0.1, 0.15) is 0 Å². The average Bonchev–Trinajstić information content (AvgIpc) is 3.07. The van der Waals surface area contributed by atoms with E-state index >= 15 is 0 Å². The van der Waals surface area contributed by atoms with Gasteiger partial charge < -0.3 is 9.32 Å². The van der Waals surface area contributed by atoms with Crippen LogP contribution in [0.5, 0.6) is 0 Å². The third kappa shape index (κ3) is 4.01. The Balaban J connectivity index is 1.54. The number of nitrogens with zero attached hydrogens (tertiary/aromatic N) is 3. The van der Waals surface area contributed by atoms with E-state index in [0.717, 1.165) is 56.0 Å². The zero-order chi connectivity index (χ0) is 16.1. The van der Waals surface area contributed by atoms with Crippen LogP contribution in [0.4, 0.5) is 0 Å². The van der Waals surface area contributed by atoms with E-state index in [2.05, 4.69) is 40.8 Å². The lowest BCUT2D eigenvalue weighted by Crippen LogP contribution is -2.44. The van der Waals surface area contributed by atoms with Crippen molar-refractivity contribution in [1.82, 2.24) is 14.8 Å². The van der Waals surface area contributed by atoms with Crippen LogP contribution in [0.3, 0.4) is 0 Å². The molecule has 1 aromatic heterocycles. The molecule has 1 fully saturated rings. The maximum atomic E-state index is 5.93. The Hall–Kier alpha value is -1.65. The molecule has 124 valence electrons. The normalized spacial score (nSPS) is 17.0. The van der Waals surface area contributed by atoms with Gasteiger partial charge in [-0.15, -0.1) is 0 Å². The quantitative estimate of drug-likeness (QED) is 0.815. The summed E-state index contributed by atoms with van der Waals surface area (Å²) in [7, 11) is 0. The zero-order valence-corrected chi connectivity index (χ0v) is 14.2. The van der Waals surface area contributed by atoms with Crippen molar-refractivity contribution in [3.8, 4) is 11.3 Å². The molecular formula is C19H27N3O. The average molecular weight is 313 g/mol. The van der Waals surface area contributed by atoms with Crippen LogP contribution in [0, 0.1) is 0 Å². The largest absolute Gasteiger partial charge is 0.439 e. The van der Waals surface area contributed by atoms with E-state index in [1.807, 2.05) is 24.4 Å². The highest BCUT2D eigenvalue weighted by Crippen LogP contribution is 2.22. The molecule has 4 nitrogen and oxygen atoms in total. The lowest BCUT2D eigenvalue weighted by Gasteiger charge is -2.37. The second kappa shape index (κ2) is 7.75. The van der Waals surface area contributed by atoms with Gasteiger partial charge in [0, 0.05) is 24.7 Å². The van der Waals surface area contributed by atoms with Gasteiger partial charge in [0.2, 0.25) is 5.89 Å². The van der Waals surface area contributed by atoms with Crippen molar-refractivity contribution in [2.24, 2.45) is 0 Å². The van der Waals surface area contributed by atoms with Crippen molar-refractivity contribution in [3.05, 3.63) is 42.4 Å². The van der Waals surface area contributed by atoms with E-state index in [1.54, 1.807) is 0 Å². The number of hydrogen-bond donors (Lipinski definition) is 0. The Labute approximate surface area is 139 Å². The number of piperidine rings is 1. The summed E-state index contributed by atoms with van der Waals surface area (Å²) in [6, 6.07) is 10.9. The van der Waals surface area contributed by atoms with Crippen molar-refractivity contribution in [3.63, 3.8) is 0 Å². The molecule has 0 radical (unpaired) electrons. The topological polar surface area (TPSA) is 32.5 Å². The minimum absolute atomic E-state index is 0.741. The highest BCUT2D eigenvalue weighted by atomic mass is 16.4. The van der Waals surface area contributed by atoms with Gasteiger partial charge >= 0.3 is 0 Å². The second-order valence-corrected chi connectivity index (χ2v) is 6.21. The molecule has 3 rings (SSSR count). The maximum absolute atomic E-state index is 5.93. The summed E-state index contributed by atoms with van der Waals surface area (Å²) in [5.41, 5.74) is 1.09. The van der Waals surface area contributed by atoms with Crippen LogP contribution in [-0.2, 0) is 6.54 Å². The van der Waals surface area contributed by atoms with Crippen LogP contribution in [0.2, 0.25) is 0 Å². The van der Waals surface area contributed by atoms with Crippen molar-refractivity contribution in [2.45, 2.75) is 39.3 Å². The van der Waals surface area contributed by atoms with E-state index in [9.17, 15) is 0 Å². The van der Waals surface area contributed by atoms with Gasteiger partial charge in [0.15, 0.2) is 5.76 Å². The molecule has 1 aliphatic rings. The highest BCUT2D eigenvalue weighted by Gasteiger charge is 2.23. The molecule has 1 aliphatic heterocycles. The summed E-state index contributed by atoms with van der Waals surface area (Å²) in [5, 5.41) is 0. The standard InChI is InChI=1S/C19H27N3O/c1-3-22(4-2)17-10-12-21(13-11-17)15-19-20-14-18(23-19)16-8-6-5-7-9-16/h5-9,14,17H,3-4,10-13,15H2,1-2H3. The molecule has 4 heteroatoms. The summed E-state index contributed by atoms with van der Waals surface area (Å²) in [6.45, 7) is 9.90. The van der Waals surface area contributed by atoms with Crippen LogP contribution >= 0.6 is 0 Å². The van der Waals surface area contributed by atoms with Crippen LogP contribution in [0.25, 0.3) is 11.3 Å². The van der Waals surface area contributed by atoms with Crippen LogP contribution < -0.4 is 0 Å². The van der Waals surface area contributed by atoms with Gasteiger partial charge in [-0.05, 0) is 25.9 Å². The predicted octanol–water partition coefficient (Wildman–Crippen LogP) is 3.65. The van der Waals surface area contributed by atoms with Crippen molar-refractivity contribution >= 4 is 0 Å². The smallest absolute Gasteiger partial charge is 0.209 e. The fourth-order valence-corrected chi connectivity index (χ4v) is 3.49. The first-order valence-corrected chi connectivity index (χ1v) is 8.76. The Morgan fingerprint density at radius 1 is 1.13 bits per heavy atom. The first-order valence-electron chi connectivity index (χ1n) is 8.76. The number of hydrogen-bond acceptors (Lipinski definition) is 4. The van der Waals surface area contributed by atoms with E-state index in [0.29, 0.717) is 0 Å². The van der Waals surface area contributed by atoms with E-state index < -0.39 is 0 Å². The Bertz CT molecular complexity index is 584. The van der Waals surface area contributed by atoms with E-state index in [1.165, 1.54) is 12.8 Å². The molecular weight excluding hydrogens is 286 g/mol. The Morgan fingerprint density at radius 3 is 2.48 bits per heavy atom. The predicted molar refractivity (Wildman–Crippen MR) is 93.2 cm³/mol. The first-order chi connectivity index (χ1) is 11.3. The lowest BCUT2D eigenvalue weighted by atomic mass is 10.0. The molecule has 0 unspecified atom stereocenters. The van der Waals surface area contributed by atoms with Gasteiger partial charge in [0.25, 0.3) is 0 Å². The maximum Gasteiger partial charge on any atom is 0.209 e. The number of benzene rings is 1. The monoisotopic (exact) mass is 313 g/mol. The molecule has 23 heavy (non-hydrogen) atoms. The molecule has 0 atom stereocenters. The zero-order valence-electron chi connectivity index (χ0n) is 14.2. The van der Waals surface area contributed by atoms with Gasteiger partial charge in [-0.25, -0.2) is 4.98 Å². The third-order valence-electron chi connectivity index (χ3n) is 4.86. The molecule has 0 saturated carbocycles. The van der Waals surface area contributed by atoms with Gasteiger partial charge in [0.05, 0.1) is 12.7 Å². The summed E-state index contributed by atoms with van der Waals surface area (Å²) in [5.74, 6) is 1.68. The minimum atomic E-state index is 0.741. The number of oxazole rings is 1. The molecule has 0 N–H and O–H groups in total. The third-order valence-corrected chi connectivity index (χ3v) is 4.86. The Morgan fingerprint density at radius 2 is 1.83 bits per heavy atom. The minimum Gasteiger partial charge on any atom is -0.439 e. The van der Waals surface area contributed by atoms with E-state index in [4.69, 9.17) is 4.42 Å². The molecule has 0 aliphatic carbocycles. The Kier molecular flexibility index (Phi) is 5.47. The fraction of sp³-hybridized carbons (Fsp3) is 0.526. The molecule has 0 spiro atoms. The van der Waals surface area contributed by atoms with Crippen molar-refractivity contribution in [2.75, 3.05) is 26.2 Å². The SMILES string of the molecule is CCN(CC)C1CCN(Cc2ncc(-c3ccccc3)o2)CC1. The van der Waals surface area contributed by atoms with Crippen molar-refractivity contribution in [1.29, 1.82) is 0 Å². The molecule has 0 amide bonds.